The van der Waals surface area contributed by atoms with Crippen LogP contribution in [-0.2, 0) is 11.2 Å². The molecule has 0 aromatic carbocycles. The van der Waals surface area contributed by atoms with Crippen molar-refractivity contribution in [1.82, 2.24) is 14.6 Å². The Kier molecular flexibility index (Phi) is 1.70. The number of fused-ring (bicyclic) bond motifs is 1. The largest absolute Gasteiger partial charge is 0.369 e. The average Bonchev–Trinajstić information content (AvgIpc) is 2.49. The molecule has 0 bridgehead atoms. The second kappa shape index (κ2) is 2.85. The van der Waals surface area contributed by atoms with Gasteiger partial charge in [0, 0.05) is 18.5 Å². The fourth-order valence-electron chi connectivity index (χ4n) is 1.14. The maximum atomic E-state index is 10.6. The lowest BCUT2D eigenvalue weighted by Crippen LogP contribution is -2.14. The third-order valence-corrected chi connectivity index (χ3v) is 1.68. The smallest absolute Gasteiger partial charge is 0.221 e. The normalized spacial score (nSPS) is 10.5. The lowest BCUT2D eigenvalue weighted by molar-refractivity contribution is -0.117. The van der Waals surface area contributed by atoms with Crippen molar-refractivity contribution in [3.63, 3.8) is 0 Å². The second-order valence-electron chi connectivity index (χ2n) is 2.74. The Hall–Kier alpha value is -1.91. The second-order valence-corrected chi connectivity index (χ2v) is 2.74. The zero-order valence-electron chi connectivity index (χ0n) is 6.84. The molecule has 0 aliphatic carbocycles. The summed E-state index contributed by atoms with van der Waals surface area (Å²) in [5, 5.41) is 3.99. The fraction of sp³-hybridized carbons (Fsp3) is 0.125. The molecule has 2 heterocycles. The minimum Gasteiger partial charge on any atom is -0.369 e. The van der Waals surface area contributed by atoms with E-state index in [4.69, 9.17) is 5.73 Å². The van der Waals surface area contributed by atoms with E-state index in [0.29, 0.717) is 0 Å². The van der Waals surface area contributed by atoms with Crippen molar-refractivity contribution in [2.24, 2.45) is 5.73 Å². The van der Waals surface area contributed by atoms with E-state index >= 15 is 0 Å². The Balaban J connectivity index is 2.42. The van der Waals surface area contributed by atoms with E-state index < -0.39 is 0 Å². The molecule has 66 valence electrons. The minimum absolute atomic E-state index is 0.197. The van der Waals surface area contributed by atoms with Gasteiger partial charge in [0.25, 0.3) is 0 Å². The third-order valence-electron chi connectivity index (χ3n) is 1.68. The van der Waals surface area contributed by atoms with Gasteiger partial charge in [-0.25, -0.2) is 9.50 Å². The van der Waals surface area contributed by atoms with Crippen LogP contribution in [0.3, 0.4) is 0 Å². The summed E-state index contributed by atoms with van der Waals surface area (Å²) < 4.78 is 1.61. The Morgan fingerprint density at radius 1 is 1.62 bits per heavy atom. The molecular weight excluding hydrogens is 168 g/mol. The van der Waals surface area contributed by atoms with Crippen molar-refractivity contribution < 1.29 is 4.79 Å². The van der Waals surface area contributed by atoms with Crippen molar-refractivity contribution >= 4 is 11.6 Å². The van der Waals surface area contributed by atoms with E-state index in [2.05, 4.69) is 10.1 Å². The summed E-state index contributed by atoms with van der Waals surface area (Å²) in [4.78, 5) is 14.7. The van der Waals surface area contributed by atoms with Gasteiger partial charge >= 0.3 is 0 Å². The number of aromatic nitrogens is 3. The Morgan fingerprint density at radius 2 is 2.46 bits per heavy atom. The highest BCUT2D eigenvalue weighted by atomic mass is 16.1. The maximum absolute atomic E-state index is 10.6. The molecule has 5 nitrogen and oxygen atoms in total. The predicted molar refractivity (Wildman–Crippen MR) is 45.9 cm³/mol. The summed E-state index contributed by atoms with van der Waals surface area (Å²) in [7, 11) is 0. The number of nitrogens with zero attached hydrogens (tertiary/aromatic N) is 3. The Morgan fingerprint density at radius 3 is 3.23 bits per heavy atom. The van der Waals surface area contributed by atoms with Gasteiger partial charge in [-0.2, -0.15) is 5.10 Å². The van der Waals surface area contributed by atoms with Crippen molar-refractivity contribution in [2.45, 2.75) is 6.42 Å². The highest BCUT2D eigenvalue weighted by Gasteiger charge is 2.00. The molecule has 0 atom stereocenters. The molecule has 0 saturated heterocycles. The molecule has 1 amide bonds. The van der Waals surface area contributed by atoms with Crippen LogP contribution < -0.4 is 5.73 Å². The number of carbonyl (C=O) groups is 1. The van der Waals surface area contributed by atoms with Crippen LogP contribution in [0.15, 0.2) is 24.7 Å². The van der Waals surface area contributed by atoms with Gasteiger partial charge in [0.05, 0.1) is 12.6 Å². The van der Waals surface area contributed by atoms with Gasteiger partial charge in [-0.05, 0) is 5.56 Å². The summed E-state index contributed by atoms with van der Waals surface area (Å²) >= 11 is 0. The Labute approximate surface area is 74.2 Å². The van der Waals surface area contributed by atoms with Gasteiger partial charge in [0.2, 0.25) is 5.91 Å². The Bertz CT molecular complexity index is 448. The average molecular weight is 176 g/mol. The van der Waals surface area contributed by atoms with Gasteiger partial charge in [0.1, 0.15) is 0 Å². The highest BCUT2D eigenvalue weighted by Crippen LogP contribution is 2.01. The van der Waals surface area contributed by atoms with E-state index in [9.17, 15) is 4.79 Å². The van der Waals surface area contributed by atoms with Crippen LogP contribution >= 0.6 is 0 Å². The molecule has 5 heteroatoms. The molecular formula is C8H8N4O. The molecule has 13 heavy (non-hydrogen) atoms. The number of primary amides is 1. The molecule has 0 unspecified atom stereocenters. The van der Waals surface area contributed by atoms with Gasteiger partial charge in [-0.15, -0.1) is 0 Å². The molecule has 2 N–H and O–H groups in total. The summed E-state index contributed by atoms with van der Waals surface area (Å²) in [6.45, 7) is 0. The summed E-state index contributed by atoms with van der Waals surface area (Å²) in [5.41, 5.74) is 6.57. The molecule has 2 aromatic rings. The first-order valence-corrected chi connectivity index (χ1v) is 3.82. The first-order chi connectivity index (χ1) is 6.25. The van der Waals surface area contributed by atoms with E-state index in [1.807, 2.05) is 0 Å². The van der Waals surface area contributed by atoms with Gasteiger partial charge < -0.3 is 5.73 Å². The summed E-state index contributed by atoms with van der Waals surface area (Å²) in [5.74, 6) is -0.367. The number of rotatable bonds is 2. The SMILES string of the molecule is NC(=O)Cc1cnc2ccnn2c1. The molecule has 2 aromatic heterocycles. The van der Waals surface area contributed by atoms with Crippen LogP contribution in [-0.4, -0.2) is 20.5 Å². The zero-order chi connectivity index (χ0) is 9.26. The number of amides is 1. The van der Waals surface area contributed by atoms with Crippen LogP contribution in [0, 0.1) is 0 Å². The van der Waals surface area contributed by atoms with Crippen LogP contribution in [0.5, 0.6) is 0 Å². The summed E-state index contributed by atoms with van der Waals surface area (Å²) in [6.07, 6.45) is 5.22. The molecule has 2 rings (SSSR count). The van der Waals surface area contributed by atoms with Crippen LogP contribution in [0.1, 0.15) is 5.56 Å². The molecule has 0 fully saturated rings. The van der Waals surface area contributed by atoms with Crippen LogP contribution in [0.25, 0.3) is 5.65 Å². The third kappa shape index (κ3) is 1.48. The van der Waals surface area contributed by atoms with E-state index in [0.717, 1.165) is 11.2 Å². The van der Waals surface area contributed by atoms with Crippen molar-refractivity contribution in [2.75, 3.05) is 0 Å². The van der Waals surface area contributed by atoms with E-state index in [1.165, 1.54) is 0 Å². The number of nitrogens with two attached hydrogens (primary N) is 1. The quantitative estimate of drug-likeness (QED) is 0.686. The highest BCUT2D eigenvalue weighted by molar-refractivity contribution is 5.76. The minimum atomic E-state index is -0.367. The van der Waals surface area contributed by atoms with Gasteiger partial charge in [-0.1, -0.05) is 0 Å². The first kappa shape index (κ1) is 7.72. The fourth-order valence-corrected chi connectivity index (χ4v) is 1.14. The van der Waals surface area contributed by atoms with E-state index in [-0.39, 0.29) is 12.3 Å². The molecule has 0 radical (unpaired) electrons. The zero-order valence-corrected chi connectivity index (χ0v) is 6.84. The summed E-state index contributed by atoms with van der Waals surface area (Å²) in [6, 6.07) is 1.79. The topological polar surface area (TPSA) is 73.3 Å². The number of hydrogen-bond acceptors (Lipinski definition) is 3. The molecule has 0 spiro atoms. The molecule has 0 aliphatic rings. The van der Waals surface area contributed by atoms with Gasteiger partial charge in [0.15, 0.2) is 5.65 Å². The molecule has 0 saturated carbocycles. The van der Waals surface area contributed by atoms with Crippen molar-refractivity contribution in [3.8, 4) is 0 Å². The lowest BCUT2D eigenvalue weighted by Gasteiger charge is -1.97. The van der Waals surface area contributed by atoms with Crippen LogP contribution in [0.2, 0.25) is 0 Å². The van der Waals surface area contributed by atoms with E-state index in [1.54, 1.807) is 29.2 Å². The monoisotopic (exact) mass is 176 g/mol. The van der Waals surface area contributed by atoms with Gasteiger partial charge in [-0.3, -0.25) is 4.79 Å². The molecule has 0 aliphatic heterocycles. The maximum Gasteiger partial charge on any atom is 0.221 e. The number of hydrogen-bond donors (Lipinski definition) is 1. The predicted octanol–water partition coefficient (Wildman–Crippen LogP) is -0.243. The van der Waals surface area contributed by atoms with Crippen LogP contribution in [0.4, 0.5) is 0 Å². The van der Waals surface area contributed by atoms with Crippen molar-refractivity contribution in [3.05, 3.63) is 30.2 Å². The first-order valence-electron chi connectivity index (χ1n) is 3.82. The van der Waals surface area contributed by atoms with Crippen molar-refractivity contribution in [1.29, 1.82) is 0 Å². The lowest BCUT2D eigenvalue weighted by atomic mass is 10.2. The number of carbonyl (C=O) groups excluding carboxylic acids is 1. The standard InChI is InChI=1S/C8H8N4O/c9-7(13)3-6-4-10-8-1-2-11-12(8)5-6/h1-2,4-5H,3H2,(H2,9,13).